The Labute approximate surface area is 202 Å². The van der Waals surface area contributed by atoms with E-state index >= 15 is 0 Å². The van der Waals surface area contributed by atoms with E-state index in [-0.39, 0.29) is 6.03 Å². The number of nitrogens with one attached hydrogen (secondary N) is 3. The summed E-state index contributed by atoms with van der Waals surface area (Å²) in [7, 11) is 0. The molecule has 5 aromatic rings. The molecular formula is C20H19N11OS2. The number of aromatic nitrogens is 9. The van der Waals surface area contributed by atoms with Crippen LogP contribution >= 0.6 is 24.0 Å². The molecule has 172 valence electrons. The van der Waals surface area contributed by atoms with Crippen LogP contribution in [0.4, 0.5) is 16.2 Å². The Kier molecular flexibility index (Phi) is 6.40. The number of hydrogen-bond acceptors (Lipinski definition) is 10. The zero-order chi connectivity index (χ0) is 23.3. The van der Waals surface area contributed by atoms with Gasteiger partial charge in [0.05, 0.1) is 10.2 Å². The Balaban J connectivity index is 1.32. The van der Waals surface area contributed by atoms with Gasteiger partial charge in [-0.25, -0.2) is 9.78 Å². The fourth-order valence-electron chi connectivity index (χ4n) is 3.44. The maximum Gasteiger partial charge on any atom is 0.326 e. The number of thiazole rings is 1. The first kappa shape index (κ1) is 21.9. The van der Waals surface area contributed by atoms with Crippen LogP contribution in [0.5, 0.6) is 0 Å². The van der Waals surface area contributed by atoms with Crippen LogP contribution in [0, 0.1) is 0 Å². The highest BCUT2D eigenvalue weighted by atomic mass is 32.2. The normalized spacial score (nSPS) is 11.1. The van der Waals surface area contributed by atoms with E-state index in [0.29, 0.717) is 34.6 Å². The predicted molar refractivity (Wildman–Crippen MR) is 130 cm³/mol. The predicted octanol–water partition coefficient (Wildman–Crippen LogP) is 3.34. The second-order valence-electron chi connectivity index (χ2n) is 7.33. The minimum absolute atomic E-state index is 0.234. The third kappa shape index (κ3) is 5.02. The summed E-state index contributed by atoms with van der Waals surface area (Å²) in [5.41, 5.74) is 3.09. The van der Waals surface area contributed by atoms with Crippen molar-refractivity contribution in [3.63, 3.8) is 0 Å². The molecule has 0 saturated heterocycles. The van der Waals surface area contributed by atoms with Crippen molar-refractivity contribution in [2.75, 3.05) is 16.8 Å². The highest BCUT2D eigenvalue weighted by molar-refractivity contribution is 7.82. The molecule has 12 nitrogen and oxygen atoms in total. The monoisotopic (exact) mass is 493 g/mol. The smallest absolute Gasteiger partial charge is 0.308 e. The molecule has 0 bridgehead atoms. The van der Waals surface area contributed by atoms with E-state index in [0.717, 1.165) is 34.3 Å². The highest BCUT2D eigenvalue weighted by Crippen LogP contribution is 2.29. The number of fused-ring (bicyclic) bond motifs is 1. The first-order valence-electron chi connectivity index (χ1n) is 10.4. The quantitative estimate of drug-likeness (QED) is 0.190. The number of benzene rings is 2. The number of hydrogen-bond donors (Lipinski definition) is 4. The van der Waals surface area contributed by atoms with Crippen molar-refractivity contribution < 1.29 is 4.79 Å². The van der Waals surface area contributed by atoms with Crippen molar-refractivity contribution in [3.8, 4) is 11.4 Å². The van der Waals surface area contributed by atoms with Gasteiger partial charge in [0.25, 0.3) is 0 Å². The van der Waals surface area contributed by atoms with Gasteiger partial charge in [-0.2, -0.15) is 10.4 Å². The summed E-state index contributed by atoms with van der Waals surface area (Å²) >= 11 is 5.82. The van der Waals surface area contributed by atoms with Gasteiger partial charge < -0.3 is 5.32 Å². The number of carbonyl (C=O) groups excluding carboxylic acids is 1. The van der Waals surface area contributed by atoms with Crippen molar-refractivity contribution in [3.05, 3.63) is 48.3 Å². The van der Waals surface area contributed by atoms with Crippen LogP contribution in [-0.4, -0.2) is 58.8 Å². The summed E-state index contributed by atoms with van der Waals surface area (Å²) in [6.45, 7) is 0.517. The zero-order valence-electron chi connectivity index (χ0n) is 17.7. The van der Waals surface area contributed by atoms with Crippen LogP contribution in [0.2, 0.25) is 0 Å². The number of aryl methyl sites for hydroxylation is 1. The molecular weight excluding hydrogens is 474 g/mol. The Morgan fingerprint density at radius 2 is 1.85 bits per heavy atom. The number of thiol groups is 1. The molecule has 0 aliphatic rings. The Morgan fingerprint density at radius 1 is 1.03 bits per heavy atom. The number of amides is 2. The average molecular weight is 494 g/mol. The zero-order valence-corrected chi connectivity index (χ0v) is 19.4. The maximum absolute atomic E-state index is 13.3. The number of tetrazole rings is 2. The molecule has 0 unspecified atom stereocenters. The van der Waals surface area contributed by atoms with Crippen LogP contribution in [0.1, 0.15) is 18.7 Å². The second kappa shape index (κ2) is 9.93. The molecule has 0 radical (unpaired) electrons. The summed E-state index contributed by atoms with van der Waals surface area (Å²) in [6.07, 6.45) is 2.25. The number of urea groups is 1. The summed E-state index contributed by atoms with van der Waals surface area (Å²) < 4.78 is 1.65. The van der Waals surface area contributed by atoms with E-state index in [9.17, 15) is 4.79 Å². The van der Waals surface area contributed by atoms with E-state index in [4.69, 9.17) is 0 Å². The lowest BCUT2D eigenvalue weighted by Crippen LogP contribution is -2.35. The number of aromatic amines is 2. The number of unbranched alkanes of at least 4 members (excludes halogenated alkanes) is 1. The van der Waals surface area contributed by atoms with Gasteiger partial charge in [-0.15, -0.1) is 44.4 Å². The standard InChI is InChI=1S/C20H19N11OS2/c32-19(21-13-6-4-12(5-7-13)18-25-29-30-26-18)31(10-2-1-3-17-23-27-28-24-17)14-8-9-15-16(11-14)34-20(33)22-15/h4-9,11H,1-3,10H2,(H,21,32)(H,22,33)(H,23,24,27,28)(H,25,26,29,30). The number of carbonyl (C=O) groups is 1. The van der Waals surface area contributed by atoms with E-state index < -0.39 is 0 Å². The topological polar surface area (TPSA) is 154 Å². The average Bonchev–Trinajstić information content (AvgIpc) is 3.61. The Morgan fingerprint density at radius 3 is 2.62 bits per heavy atom. The van der Waals surface area contributed by atoms with Gasteiger partial charge in [-0.1, -0.05) is 5.21 Å². The molecule has 5 rings (SSSR count). The highest BCUT2D eigenvalue weighted by Gasteiger charge is 2.17. The third-order valence-electron chi connectivity index (χ3n) is 5.08. The van der Waals surface area contributed by atoms with Crippen LogP contribution in [0.3, 0.4) is 0 Å². The molecule has 3 aromatic heterocycles. The van der Waals surface area contributed by atoms with E-state index in [2.05, 4.69) is 64.2 Å². The molecule has 2 amide bonds. The molecule has 34 heavy (non-hydrogen) atoms. The third-order valence-corrected chi connectivity index (χ3v) is 6.27. The molecule has 2 aromatic carbocycles. The molecule has 14 heteroatoms. The molecule has 0 aliphatic heterocycles. The molecule has 0 atom stereocenters. The van der Waals surface area contributed by atoms with E-state index in [1.807, 2.05) is 30.3 Å². The molecule has 0 saturated carbocycles. The van der Waals surface area contributed by atoms with Crippen LogP contribution in [-0.2, 0) is 6.42 Å². The number of nitrogens with zero attached hydrogens (tertiary/aromatic N) is 8. The Hall–Kier alpha value is -3.91. The van der Waals surface area contributed by atoms with Crippen molar-refractivity contribution in [1.29, 1.82) is 0 Å². The second-order valence-corrected chi connectivity index (χ2v) is 9.08. The van der Waals surface area contributed by atoms with Crippen molar-refractivity contribution in [2.24, 2.45) is 0 Å². The van der Waals surface area contributed by atoms with Gasteiger partial charge in [-0.05, 0) is 60.5 Å². The van der Waals surface area contributed by atoms with Crippen LogP contribution in [0.25, 0.3) is 21.6 Å². The summed E-state index contributed by atoms with van der Waals surface area (Å²) in [5.74, 6) is 1.15. The molecule has 3 N–H and O–H groups in total. The maximum atomic E-state index is 13.3. The first-order valence-corrected chi connectivity index (χ1v) is 11.7. The van der Waals surface area contributed by atoms with Gasteiger partial charge >= 0.3 is 6.03 Å². The van der Waals surface area contributed by atoms with Crippen molar-refractivity contribution in [1.82, 2.24) is 46.2 Å². The van der Waals surface area contributed by atoms with Crippen molar-refractivity contribution in [2.45, 2.75) is 23.6 Å². The SMILES string of the molecule is O=C(Nc1ccc(-c2nn[nH]n2)cc1)N(CCCCc1nn[nH]n1)c1ccc2nc(S)sc2c1. The largest absolute Gasteiger partial charge is 0.326 e. The van der Waals surface area contributed by atoms with Gasteiger partial charge in [0, 0.05) is 29.9 Å². The van der Waals surface area contributed by atoms with Gasteiger partial charge in [0.15, 0.2) is 5.82 Å². The number of H-pyrrole nitrogens is 2. The van der Waals surface area contributed by atoms with E-state index in [1.54, 1.807) is 17.0 Å². The lowest BCUT2D eigenvalue weighted by atomic mass is 10.2. The van der Waals surface area contributed by atoms with Gasteiger partial charge in [0.1, 0.15) is 4.34 Å². The summed E-state index contributed by atoms with van der Waals surface area (Å²) in [6, 6.07) is 12.8. The molecule has 3 heterocycles. The summed E-state index contributed by atoms with van der Waals surface area (Å²) in [4.78, 5) is 19.4. The fourth-order valence-corrected chi connectivity index (χ4v) is 4.58. The van der Waals surface area contributed by atoms with Gasteiger partial charge in [-0.3, -0.25) is 4.90 Å². The lowest BCUT2D eigenvalue weighted by Gasteiger charge is -2.23. The fraction of sp³-hybridized carbons (Fsp3) is 0.200. The Bertz CT molecular complexity index is 1370. The van der Waals surface area contributed by atoms with E-state index in [1.165, 1.54) is 11.3 Å². The number of rotatable bonds is 8. The first-order chi connectivity index (χ1) is 16.7. The molecule has 0 fully saturated rings. The van der Waals surface area contributed by atoms with Crippen molar-refractivity contribution >= 4 is 51.6 Å². The summed E-state index contributed by atoms with van der Waals surface area (Å²) in [5, 5.41) is 30.9. The molecule has 0 spiro atoms. The molecule has 0 aliphatic carbocycles. The minimum Gasteiger partial charge on any atom is -0.308 e. The van der Waals surface area contributed by atoms with Crippen LogP contribution in [0.15, 0.2) is 46.8 Å². The van der Waals surface area contributed by atoms with Crippen LogP contribution < -0.4 is 10.2 Å². The van der Waals surface area contributed by atoms with Gasteiger partial charge in [0.2, 0.25) is 5.82 Å². The minimum atomic E-state index is -0.234. The number of anilines is 2. The lowest BCUT2D eigenvalue weighted by molar-refractivity contribution is 0.256.